The highest BCUT2D eigenvalue weighted by atomic mass is 32.2. The molecule has 0 aromatic carbocycles. The van der Waals surface area contributed by atoms with Gasteiger partial charge in [0, 0.05) is 31.6 Å². The Morgan fingerprint density at radius 1 is 1.41 bits per heavy atom. The van der Waals surface area contributed by atoms with Gasteiger partial charge in [-0.3, -0.25) is 0 Å². The van der Waals surface area contributed by atoms with E-state index in [-0.39, 0.29) is 9.77 Å². The van der Waals surface area contributed by atoms with E-state index < -0.39 is 16.0 Å². The minimum atomic E-state index is -3.53. The van der Waals surface area contributed by atoms with Gasteiger partial charge in [-0.1, -0.05) is 0 Å². The Kier molecular flexibility index (Phi) is 3.48. The van der Waals surface area contributed by atoms with Crippen LogP contribution < -0.4 is 5.32 Å². The van der Waals surface area contributed by atoms with Crippen molar-refractivity contribution in [3.63, 3.8) is 0 Å². The highest BCUT2D eigenvalue weighted by Gasteiger charge is 2.27. The second-order valence-corrected chi connectivity index (χ2v) is 6.69. The van der Waals surface area contributed by atoms with Gasteiger partial charge in [0.1, 0.15) is 4.21 Å². The van der Waals surface area contributed by atoms with Crippen LogP contribution in [-0.4, -0.2) is 50.0 Å². The maximum absolute atomic E-state index is 12.1. The number of nitrogens with one attached hydrogen (secondary N) is 1. The Labute approximate surface area is 103 Å². The maximum atomic E-state index is 12.1. The lowest BCUT2D eigenvalue weighted by atomic mass is 10.4. The number of piperazine rings is 1. The summed E-state index contributed by atoms with van der Waals surface area (Å²) < 4.78 is 25.7. The first-order chi connectivity index (χ1) is 8.01. The van der Waals surface area contributed by atoms with Crippen molar-refractivity contribution >= 4 is 27.3 Å². The normalized spacial score (nSPS) is 18.1. The van der Waals surface area contributed by atoms with E-state index in [1.807, 2.05) is 0 Å². The number of carboxylic acid groups (broad SMARTS) is 1. The molecule has 1 aromatic heterocycles. The third kappa shape index (κ3) is 2.49. The first-order valence-electron chi connectivity index (χ1n) is 5.04. The van der Waals surface area contributed by atoms with Crippen molar-refractivity contribution in [2.24, 2.45) is 0 Å². The molecular weight excluding hydrogens is 264 g/mol. The summed E-state index contributed by atoms with van der Waals surface area (Å²) in [5.74, 6) is -1.11. The zero-order valence-corrected chi connectivity index (χ0v) is 10.6. The van der Waals surface area contributed by atoms with Gasteiger partial charge in [0.25, 0.3) is 10.0 Å². The fourth-order valence-electron chi connectivity index (χ4n) is 1.58. The lowest BCUT2D eigenvalue weighted by Crippen LogP contribution is -2.46. The van der Waals surface area contributed by atoms with E-state index in [9.17, 15) is 13.2 Å². The molecule has 0 atom stereocenters. The van der Waals surface area contributed by atoms with Crippen LogP contribution in [-0.2, 0) is 10.0 Å². The van der Waals surface area contributed by atoms with Gasteiger partial charge in [-0.15, -0.1) is 11.3 Å². The molecule has 0 saturated carbocycles. The van der Waals surface area contributed by atoms with E-state index in [0.717, 1.165) is 11.3 Å². The molecule has 2 rings (SSSR count). The van der Waals surface area contributed by atoms with Crippen LogP contribution in [0.2, 0.25) is 0 Å². The minimum Gasteiger partial charge on any atom is -0.478 e. The molecule has 1 aromatic rings. The molecule has 0 unspecified atom stereocenters. The summed E-state index contributed by atoms with van der Waals surface area (Å²) in [6.07, 6.45) is 0. The quantitative estimate of drug-likeness (QED) is 0.814. The molecule has 1 aliphatic rings. The Bertz CT molecular complexity index is 517. The first kappa shape index (κ1) is 12.5. The van der Waals surface area contributed by atoms with E-state index in [2.05, 4.69) is 5.32 Å². The lowest BCUT2D eigenvalue weighted by molar-refractivity contribution is 0.0697. The van der Waals surface area contributed by atoms with E-state index >= 15 is 0 Å². The number of nitrogens with zero attached hydrogens (tertiary/aromatic N) is 1. The standard InChI is InChI=1S/C9H12N2O4S2/c12-9(13)7-5-8(16-6-7)17(14,15)11-3-1-10-2-4-11/h5-6,10H,1-4H2,(H,12,13). The number of sulfonamides is 1. The third-order valence-electron chi connectivity index (χ3n) is 2.49. The molecule has 1 fully saturated rings. The smallest absolute Gasteiger partial charge is 0.336 e. The molecule has 0 aliphatic carbocycles. The third-order valence-corrected chi connectivity index (χ3v) is 5.81. The number of thiophene rings is 1. The topological polar surface area (TPSA) is 86.7 Å². The van der Waals surface area contributed by atoms with Gasteiger partial charge in [0.05, 0.1) is 5.56 Å². The van der Waals surface area contributed by atoms with Gasteiger partial charge in [-0.25, -0.2) is 13.2 Å². The molecule has 8 heteroatoms. The van der Waals surface area contributed by atoms with E-state index in [1.54, 1.807) is 0 Å². The van der Waals surface area contributed by atoms with Crippen LogP contribution in [0.4, 0.5) is 0 Å². The number of aromatic carboxylic acids is 1. The molecule has 1 saturated heterocycles. The molecule has 0 amide bonds. The number of hydrogen-bond acceptors (Lipinski definition) is 5. The Morgan fingerprint density at radius 3 is 2.59 bits per heavy atom. The fourth-order valence-corrected chi connectivity index (χ4v) is 4.32. The van der Waals surface area contributed by atoms with E-state index in [0.29, 0.717) is 26.2 Å². The fraction of sp³-hybridized carbons (Fsp3) is 0.444. The zero-order chi connectivity index (χ0) is 12.5. The second-order valence-electron chi connectivity index (χ2n) is 3.61. The Balaban J connectivity index is 2.27. The van der Waals surface area contributed by atoms with E-state index in [4.69, 9.17) is 5.11 Å². The average molecular weight is 276 g/mol. The van der Waals surface area contributed by atoms with Gasteiger partial charge in [0.2, 0.25) is 0 Å². The first-order valence-corrected chi connectivity index (χ1v) is 7.36. The van der Waals surface area contributed by atoms with Crippen molar-refractivity contribution < 1.29 is 18.3 Å². The summed E-state index contributed by atoms with van der Waals surface area (Å²) in [5.41, 5.74) is 0.0173. The maximum Gasteiger partial charge on any atom is 0.336 e. The number of carbonyl (C=O) groups is 1. The minimum absolute atomic E-state index is 0.0173. The summed E-state index contributed by atoms with van der Waals surface area (Å²) >= 11 is 0.948. The van der Waals surface area contributed by atoms with Crippen LogP contribution in [0, 0.1) is 0 Å². The van der Waals surface area contributed by atoms with Crippen LogP contribution >= 0.6 is 11.3 Å². The van der Waals surface area contributed by atoms with Gasteiger partial charge in [0.15, 0.2) is 0 Å². The summed E-state index contributed by atoms with van der Waals surface area (Å²) in [6, 6.07) is 1.21. The Hall–Kier alpha value is -0.960. The SMILES string of the molecule is O=C(O)c1csc(S(=O)(=O)N2CCNCC2)c1. The number of carboxylic acids is 1. The summed E-state index contributed by atoms with van der Waals surface area (Å²) in [4.78, 5) is 10.7. The lowest BCUT2D eigenvalue weighted by Gasteiger charge is -2.25. The molecule has 1 aliphatic heterocycles. The van der Waals surface area contributed by atoms with Crippen molar-refractivity contribution in [2.45, 2.75) is 4.21 Å². The van der Waals surface area contributed by atoms with Crippen LogP contribution in [0.5, 0.6) is 0 Å². The van der Waals surface area contributed by atoms with Gasteiger partial charge < -0.3 is 10.4 Å². The predicted molar refractivity (Wildman–Crippen MR) is 62.9 cm³/mol. The molecule has 94 valence electrons. The molecule has 2 heterocycles. The highest BCUT2D eigenvalue weighted by Crippen LogP contribution is 2.24. The van der Waals surface area contributed by atoms with Crippen LogP contribution in [0.25, 0.3) is 0 Å². The van der Waals surface area contributed by atoms with Gasteiger partial charge >= 0.3 is 5.97 Å². The van der Waals surface area contributed by atoms with Crippen molar-refractivity contribution in [3.05, 3.63) is 17.0 Å². The Morgan fingerprint density at radius 2 is 2.06 bits per heavy atom. The highest BCUT2D eigenvalue weighted by molar-refractivity contribution is 7.91. The van der Waals surface area contributed by atoms with Crippen molar-refractivity contribution in [2.75, 3.05) is 26.2 Å². The monoisotopic (exact) mass is 276 g/mol. The van der Waals surface area contributed by atoms with Crippen LogP contribution in [0.1, 0.15) is 10.4 Å². The second kappa shape index (κ2) is 4.73. The molecule has 0 spiro atoms. The number of rotatable bonds is 3. The van der Waals surface area contributed by atoms with Gasteiger partial charge in [-0.05, 0) is 6.07 Å². The van der Waals surface area contributed by atoms with Crippen molar-refractivity contribution in [1.29, 1.82) is 0 Å². The molecule has 2 N–H and O–H groups in total. The van der Waals surface area contributed by atoms with E-state index in [1.165, 1.54) is 15.8 Å². The molecular formula is C9H12N2O4S2. The van der Waals surface area contributed by atoms with Gasteiger partial charge in [-0.2, -0.15) is 4.31 Å². The van der Waals surface area contributed by atoms with Crippen molar-refractivity contribution in [1.82, 2.24) is 9.62 Å². The predicted octanol–water partition coefficient (Wildman–Crippen LogP) is 0.0402. The summed E-state index contributed by atoms with van der Waals surface area (Å²) in [6.45, 7) is 2.08. The van der Waals surface area contributed by atoms with Crippen LogP contribution in [0.15, 0.2) is 15.7 Å². The summed E-state index contributed by atoms with van der Waals surface area (Å²) in [7, 11) is -3.53. The largest absolute Gasteiger partial charge is 0.478 e. The molecule has 6 nitrogen and oxygen atoms in total. The molecule has 0 bridgehead atoms. The number of hydrogen-bond donors (Lipinski definition) is 2. The zero-order valence-electron chi connectivity index (χ0n) is 8.92. The molecule has 17 heavy (non-hydrogen) atoms. The molecule has 0 radical (unpaired) electrons. The summed E-state index contributed by atoms with van der Waals surface area (Å²) in [5, 5.41) is 13.2. The van der Waals surface area contributed by atoms with Crippen LogP contribution in [0.3, 0.4) is 0 Å². The average Bonchev–Trinajstić information content (AvgIpc) is 2.80. The van der Waals surface area contributed by atoms with Crippen molar-refractivity contribution in [3.8, 4) is 0 Å².